The van der Waals surface area contributed by atoms with E-state index in [1.165, 1.54) is 7.11 Å². The van der Waals surface area contributed by atoms with Crippen LogP contribution in [-0.2, 0) is 14.3 Å². The molecule has 2 amide bonds. The third kappa shape index (κ3) is 4.16. The Kier molecular flexibility index (Phi) is 6.60. The van der Waals surface area contributed by atoms with Crippen LogP contribution in [0.5, 0.6) is 0 Å². The maximum Gasteiger partial charge on any atom is 0.307 e. The summed E-state index contributed by atoms with van der Waals surface area (Å²) in [4.78, 5) is 40.4. The van der Waals surface area contributed by atoms with Crippen molar-refractivity contribution in [2.75, 3.05) is 20.2 Å². The number of nitrogens with zero attached hydrogens (tertiary/aromatic N) is 1. The summed E-state index contributed by atoms with van der Waals surface area (Å²) >= 11 is 0. The van der Waals surface area contributed by atoms with Crippen LogP contribution in [0.2, 0.25) is 0 Å². The standard InChI is InChI=1S/C23H32N2O4/c1-16(2)15-25-22(28)18-10-6-5-9-17(18)20(23(25)12-7-4-8-13-23)21(27)24-14-11-19(26)29-3/h5-6,9-10,16,20H,4,7-8,11-15H2,1-3H3,(H,24,27)/t20-/m0/s1. The van der Waals surface area contributed by atoms with Crippen molar-refractivity contribution in [1.29, 1.82) is 0 Å². The summed E-state index contributed by atoms with van der Waals surface area (Å²) in [6, 6.07) is 7.50. The summed E-state index contributed by atoms with van der Waals surface area (Å²) in [6.45, 7) is 5.09. The van der Waals surface area contributed by atoms with E-state index in [9.17, 15) is 14.4 Å². The summed E-state index contributed by atoms with van der Waals surface area (Å²) in [5.74, 6) is -0.531. The Hall–Kier alpha value is -2.37. The third-order valence-electron chi connectivity index (χ3n) is 6.21. The fourth-order valence-electron chi connectivity index (χ4n) is 4.97. The summed E-state index contributed by atoms with van der Waals surface area (Å²) in [7, 11) is 1.34. The second kappa shape index (κ2) is 8.97. The Balaban J connectivity index is 2.01. The van der Waals surface area contributed by atoms with Crippen LogP contribution >= 0.6 is 0 Å². The first-order valence-corrected chi connectivity index (χ1v) is 10.7. The van der Waals surface area contributed by atoms with Gasteiger partial charge in [-0.05, 0) is 30.4 Å². The molecule has 1 saturated carbocycles. The molecule has 6 heteroatoms. The first-order chi connectivity index (χ1) is 13.9. The zero-order valence-electron chi connectivity index (χ0n) is 17.7. The fraction of sp³-hybridized carbons (Fsp3) is 0.609. The van der Waals surface area contributed by atoms with Gasteiger partial charge in [0.1, 0.15) is 0 Å². The monoisotopic (exact) mass is 400 g/mol. The molecule has 158 valence electrons. The molecule has 1 aliphatic heterocycles. The zero-order chi connectivity index (χ0) is 21.0. The molecular weight excluding hydrogens is 368 g/mol. The molecule has 0 bridgehead atoms. The number of hydrogen-bond acceptors (Lipinski definition) is 4. The lowest BCUT2D eigenvalue weighted by Gasteiger charge is -2.54. The quantitative estimate of drug-likeness (QED) is 0.744. The van der Waals surface area contributed by atoms with Gasteiger partial charge in [-0.25, -0.2) is 0 Å². The number of amides is 2. The van der Waals surface area contributed by atoms with Gasteiger partial charge in [0.05, 0.1) is 25.0 Å². The van der Waals surface area contributed by atoms with Crippen LogP contribution in [0, 0.1) is 5.92 Å². The normalized spacial score (nSPS) is 20.5. The zero-order valence-corrected chi connectivity index (χ0v) is 17.7. The topological polar surface area (TPSA) is 75.7 Å². The minimum absolute atomic E-state index is 0.0369. The van der Waals surface area contributed by atoms with Crippen molar-refractivity contribution in [2.45, 2.75) is 63.8 Å². The lowest BCUT2D eigenvalue weighted by molar-refractivity contribution is -0.140. The first kappa shape index (κ1) is 21.3. The molecule has 1 spiro atoms. The molecule has 1 N–H and O–H groups in total. The van der Waals surface area contributed by atoms with Gasteiger partial charge in [0.15, 0.2) is 0 Å². The second-order valence-electron chi connectivity index (χ2n) is 8.61. The number of hydrogen-bond donors (Lipinski definition) is 1. The highest BCUT2D eigenvalue weighted by atomic mass is 16.5. The van der Waals surface area contributed by atoms with E-state index in [-0.39, 0.29) is 30.7 Å². The Morgan fingerprint density at radius 3 is 2.55 bits per heavy atom. The Bertz CT molecular complexity index is 768. The van der Waals surface area contributed by atoms with Gasteiger partial charge >= 0.3 is 5.97 Å². The van der Waals surface area contributed by atoms with Crippen molar-refractivity contribution >= 4 is 17.8 Å². The van der Waals surface area contributed by atoms with Crippen molar-refractivity contribution in [2.24, 2.45) is 5.92 Å². The van der Waals surface area contributed by atoms with Crippen LogP contribution in [0.25, 0.3) is 0 Å². The van der Waals surface area contributed by atoms with Crippen LogP contribution in [0.15, 0.2) is 24.3 Å². The molecule has 0 unspecified atom stereocenters. The number of methoxy groups -OCH3 is 1. The molecule has 6 nitrogen and oxygen atoms in total. The van der Waals surface area contributed by atoms with Gasteiger partial charge < -0.3 is 15.0 Å². The van der Waals surface area contributed by atoms with Gasteiger partial charge in [0.2, 0.25) is 5.91 Å². The van der Waals surface area contributed by atoms with Gasteiger partial charge in [-0.15, -0.1) is 0 Å². The van der Waals surface area contributed by atoms with E-state index in [1.54, 1.807) is 0 Å². The third-order valence-corrected chi connectivity index (χ3v) is 6.21. The molecule has 1 atom stereocenters. The van der Waals surface area contributed by atoms with E-state index in [0.717, 1.165) is 37.7 Å². The van der Waals surface area contributed by atoms with Gasteiger partial charge in [-0.3, -0.25) is 14.4 Å². The molecule has 1 aromatic carbocycles. The van der Waals surface area contributed by atoms with Crippen LogP contribution in [0.1, 0.15) is 74.2 Å². The van der Waals surface area contributed by atoms with E-state index in [0.29, 0.717) is 18.0 Å². The molecule has 1 heterocycles. The lowest BCUT2D eigenvalue weighted by atomic mass is 9.65. The summed E-state index contributed by atoms with van der Waals surface area (Å²) in [5, 5.41) is 2.94. The van der Waals surface area contributed by atoms with Gasteiger partial charge in [-0.2, -0.15) is 0 Å². The smallest absolute Gasteiger partial charge is 0.307 e. The van der Waals surface area contributed by atoms with Crippen LogP contribution < -0.4 is 5.32 Å². The molecule has 3 rings (SSSR count). The van der Waals surface area contributed by atoms with Crippen molar-refractivity contribution in [1.82, 2.24) is 10.2 Å². The molecule has 0 saturated heterocycles. The highest BCUT2D eigenvalue weighted by Crippen LogP contribution is 2.49. The maximum atomic E-state index is 13.5. The Morgan fingerprint density at radius 1 is 1.21 bits per heavy atom. The molecule has 29 heavy (non-hydrogen) atoms. The number of rotatable bonds is 6. The van der Waals surface area contributed by atoms with E-state index < -0.39 is 11.5 Å². The van der Waals surface area contributed by atoms with Crippen LogP contribution in [-0.4, -0.2) is 48.4 Å². The minimum Gasteiger partial charge on any atom is -0.469 e. The maximum absolute atomic E-state index is 13.5. The van der Waals surface area contributed by atoms with E-state index in [4.69, 9.17) is 0 Å². The summed E-state index contributed by atoms with van der Waals surface area (Å²) < 4.78 is 4.68. The van der Waals surface area contributed by atoms with Crippen molar-refractivity contribution < 1.29 is 19.1 Å². The number of nitrogens with one attached hydrogen (secondary N) is 1. The molecule has 1 fully saturated rings. The largest absolute Gasteiger partial charge is 0.469 e. The minimum atomic E-state index is -0.497. The molecule has 0 radical (unpaired) electrons. The summed E-state index contributed by atoms with van der Waals surface area (Å²) in [5.41, 5.74) is 0.941. The molecular formula is C23H32N2O4. The number of benzene rings is 1. The van der Waals surface area contributed by atoms with E-state index in [1.807, 2.05) is 29.2 Å². The van der Waals surface area contributed by atoms with Gasteiger partial charge in [0, 0.05) is 18.7 Å². The van der Waals surface area contributed by atoms with Gasteiger partial charge in [0.25, 0.3) is 5.91 Å². The Labute approximate surface area is 173 Å². The van der Waals surface area contributed by atoms with Crippen molar-refractivity contribution in [3.8, 4) is 0 Å². The fourth-order valence-corrected chi connectivity index (χ4v) is 4.97. The number of carbonyl (C=O) groups excluding carboxylic acids is 3. The number of carbonyl (C=O) groups is 3. The number of esters is 1. The van der Waals surface area contributed by atoms with Crippen molar-refractivity contribution in [3.63, 3.8) is 0 Å². The molecule has 0 aromatic heterocycles. The Morgan fingerprint density at radius 2 is 1.90 bits per heavy atom. The highest BCUT2D eigenvalue weighted by Gasteiger charge is 2.54. The highest BCUT2D eigenvalue weighted by molar-refractivity contribution is 6.02. The summed E-state index contributed by atoms with van der Waals surface area (Å²) in [6.07, 6.45) is 4.94. The average molecular weight is 401 g/mol. The lowest BCUT2D eigenvalue weighted by Crippen LogP contribution is -2.63. The molecule has 1 aromatic rings. The first-order valence-electron chi connectivity index (χ1n) is 10.7. The number of ether oxygens (including phenoxy) is 1. The average Bonchev–Trinajstić information content (AvgIpc) is 2.71. The van der Waals surface area contributed by atoms with Crippen molar-refractivity contribution in [3.05, 3.63) is 35.4 Å². The van der Waals surface area contributed by atoms with Crippen LogP contribution in [0.4, 0.5) is 0 Å². The SMILES string of the molecule is COC(=O)CCNC(=O)[C@@H]1c2ccccc2C(=O)N(CC(C)C)C12CCCCC2. The predicted octanol–water partition coefficient (Wildman–Crippen LogP) is 3.26. The number of fused-ring (bicyclic) bond motifs is 1. The molecule has 1 aliphatic carbocycles. The van der Waals surface area contributed by atoms with E-state index in [2.05, 4.69) is 23.9 Å². The van der Waals surface area contributed by atoms with Gasteiger partial charge in [-0.1, -0.05) is 51.3 Å². The van der Waals surface area contributed by atoms with E-state index >= 15 is 0 Å². The second-order valence-corrected chi connectivity index (χ2v) is 8.61. The molecule has 2 aliphatic rings. The predicted molar refractivity (Wildman–Crippen MR) is 111 cm³/mol. The van der Waals surface area contributed by atoms with Crippen LogP contribution in [0.3, 0.4) is 0 Å².